The molecule has 0 unspecified atom stereocenters. The number of para-hydroxylation sites is 1. The summed E-state index contributed by atoms with van der Waals surface area (Å²) in [7, 11) is 0. The summed E-state index contributed by atoms with van der Waals surface area (Å²) in [5.74, 6) is 1.53. The first-order valence-corrected chi connectivity index (χ1v) is 9.13. The van der Waals surface area contributed by atoms with Crippen molar-refractivity contribution >= 4 is 29.2 Å². The lowest BCUT2D eigenvalue weighted by atomic mass is 9.49. The van der Waals surface area contributed by atoms with E-state index >= 15 is 0 Å². The van der Waals surface area contributed by atoms with E-state index in [1.807, 2.05) is 0 Å². The number of rotatable bonds is 4. The zero-order valence-corrected chi connectivity index (χ0v) is 14.3. The largest absolute Gasteiger partial charge is 0.455 e. The maximum atomic E-state index is 12.7. The Kier molecular flexibility index (Phi) is 4.03. The minimum absolute atomic E-state index is 0.170. The number of hydrogen-bond donors (Lipinski definition) is 1. The standard InChI is InChI=1S/C19H22ClNO3/c20-15-3-1-2-4-16(15)21-17(22)11-24-18(23)19-8-12-5-13(9-19)7-14(6-12)10-19/h1-4,12-14H,5-11H2,(H,21,22). The molecule has 4 aliphatic rings. The number of ether oxygens (including phenoxy) is 1. The second kappa shape index (κ2) is 6.07. The average molecular weight is 348 g/mol. The Morgan fingerprint density at radius 3 is 2.25 bits per heavy atom. The Labute approximate surface area is 146 Å². The Morgan fingerprint density at radius 1 is 1.08 bits per heavy atom. The van der Waals surface area contributed by atoms with E-state index in [1.54, 1.807) is 24.3 Å². The topological polar surface area (TPSA) is 55.4 Å². The van der Waals surface area contributed by atoms with Crippen LogP contribution in [0.2, 0.25) is 5.02 Å². The van der Waals surface area contributed by atoms with Crippen molar-refractivity contribution in [3.05, 3.63) is 29.3 Å². The van der Waals surface area contributed by atoms with Crippen LogP contribution in [0, 0.1) is 23.2 Å². The van der Waals surface area contributed by atoms with Gasteiger partial charge < -0.3 is 10.1 Å². The molecule has 1 aromatic rings. The van der Waals surface area contributed by atoms with E-state index in [2.05, 4.69) is 5.32 Å². The molecule has 1 N–H and O–H groups in total. The molecule has 4 nitrogen and oxygen atoms in total. The van der Waals surface area contributed by atoms with E-state index in [0.29, 0.717) is 28.5 Å². The maximum absolute atomic E-state index is 12.7. The van der Waals surface area contributed by atoms with Crippen LogP contribution in [-0.2, 0) is 14.3 Å². The van der Waals surface area contributed by atoms with Gasteiger partial charge in [-0.2, -0.15) is 0 Å². The van der Waals surface area contributed by atoms with Crippen LogP contribution in [0.25, 0.3) is 0 Å². The number of halogens is 1. The molecule has 5 rings (SSSR count). The van der Waals surface area contributed by atoms with Gasteiger partial charge in [-0.25, -0.2) is 0 Å². The summed E-state index contributed by atoms with van der Waals surface area (Å²) >= 11 is 6.02. The van der Waals surface area contributed by atoms with Crippen molar-refractivity contribution in [2.45, 2.75) is 38.5 Å². The number of esters is 1. The SMILES string of the molecule is O=C(COC(=O)C12CC3CC(CC(C3)C1)C2)Nc1ccccc1Cl. The van der Waals surface area contributed by atoms with Crippen molar-refractivity contribution < 1.29 is 14.3 Å². The van der Waals surface area contributed by atoms with Crippen LogP contribution in [-0.4, -0.2) is 18.5 Å². The van der Waals surface area contributed by atoms with Crippen LogP contribution >= 0.6 is 11.6 Å². The molecule has 0 saturated heterocycles. The van der Waals surface area contributed by atoms with E-state index in [4.69, 9.17) is 16.3 Å². The maximum Gasteiger partial charge on any atom is 0.312 e. The lowest BCUT2D eigenvalue weighted by Crippen LogP contribution is -2.50. The van der Waals surface area contributed by atoms with Gasteiger partial charge in [-0.1, -0.05) is 23.7 Å². The van der Waals surface area contributed by atoms with Gasteiger partial charge in [0.1, 0.15) is 0 Å². The predicted molar refractivity (Wildman–Crippen MR) is 91.6 cm³/mol. The van der Waals surface area contributed by atoms with Gasteiger partial charge in [0.25, 0.3) is 5.91 Å². The third-order valence-corrected chi connectivity index (χ3v) is 6.28. The highest BCUT2D eigenvalue weighted by molar-refractivity contribution is 6.33. The molecule has 5 heteroatoms. The normalized spacial score (nSPS) is 33.3. The zero-order chi connectivity index (χ0) is 16.7. The molecule has 1 amide bonds. The van der Waals surface area contributed by atoms with Gasteiger partial charge in [-0.15, -0.1) is 0 Å². The molecule has 4 bridgehead atoms. The summed E-state index contributed by atoms with van der Waals surface area (Å²) in [6, 6.07) is 7.02. The first-order chi connectivity index (χ1) is 11.5. The highest BCUT2D eigenvalue weighted by Crippen LogP contribution is 2.60. The third-order valence-electron chi connectivity index (χ3n) is 5.95. The molecule has 4 saturated carbocycles. The number of hydrogen-bond acceptors (Lipinski definition) is 3. The predicted octanol–water partition coefficient (Wildman–Crippen LogP) is 4.04. The fraction of sp³-hybridized carbons (Fsp3) is 0.579. The summed E-state index contributed by atoms with van der Waals surface area (Å²) in [5, 5.41) is 3.16. The summed E-state index contributed by atoms with van der Waals surface area (Å²) in [5.41, 5.74) is 0.217. The molecule has 0 aromatic heterocycles. The number of amides is 1. The molecular formula is C19H22ClNO3. The number of benzene rings is 1. The van der Waals surface area contributed by atoms with Gasteiger partial charge in [0.2, 0.25) is 0 Å². The van der Waals surface area contributed by atoms with E-state index in [-0.39, 0.29) is 23.9 Å². The molecule has 0 heterocycles. The van der Waals surface area contributed by atoms with E-state index in [0.717, 1.165) is 19.3 Å². The second-order valence-corrected chi connectivity index (χ2v) is 8.21. The molecule has 24 heavy (non-hydrogen) atoms. The van der Waals surface area contributed by atoms with Gasteiger partial charge in [-0.3, -0.25) is 9.59 Å². The fourth-order valence-corrected chi connectivity index (χ4v) is 5.58. The summed E-state index contributed by atoms with van der Waals surface area (Å²) in [4.78, 5) is 24.7. The van der Waals surface area contributed by atoms with Crippen molar-refractivity contribution in [3.8, 4) is 0 Å². The molecular weight excluding hydrogens is 326 g/mol. The van der Waals surface area contributed by atoms with Crippen molar-refractivity contribution in [1.29, 1.82) is 0 Å². The van der Waals surface area contributed by atoms with Gasteiger partial charge in [-0.05, 0) is 68.4 Å². The number of anilines is 1. The zero-order valence-electron chi connectivity index (χ0n) is 13.6. The molecule has 4 fully saturated rings. The van der Waals surface area contributed by atoms with Crippen LogP contribution in [0.15, 0.2) is 24.3 Å². The lowest BCUT2D eigenvalue weighted by Gasteiger charge is -2.55. The Bertz CT molecular complexity index is 637. The fourth-order valence-electron chi connectivity index (χ4n) is 5.39. The summed E-state index contributed by atoms with van der Waals surface area (Å²) < 4.78 is 5.41. The Hall–Kier alpha value is -1.55. The van der Waals surface area contributed by atoms with Crippen LogP contribution in [0.5, 0.6) is 0 Å². The summed E-state index contributed by atoms with van der Waals surface area (Å²) in [6.45, 7) is -0.244. The van der Waals surface area contributed by atoms with Gasteiger partial charge in [0.05, 0.1) is 16.1 Å². The van der Waals surface area contributed by atoms with Crippen LogP contribution in [0.1, 0.15) is 38.5 Å². The second-order valence-electron chi connectivity index (χ2n) is 7.80. The summed E-state index contributed by atoms with van der Waals surface area (Å²) in [6.07, 6.45) is 6.68. The number of nitrogens with one attached hydrogen (secondary N) is 1. The molecule has 0 spiro atoms. The van der Waals surface area contributed by atoms with Gasteiger partial charge in [0, 0.05) is 0 Å². The molecule has 4 aliphatic carbocycles. The average Bonchev–Trinajstić information content (AvgIpc) is 2.53. The van der Waals surface area contributed by atoms with Crippen LogP contribution < -0.4 is 5.32 Å². The van der Waals surface area contributed by atoms with Crippen molar-refractivity contribution in [2.24, 2.45) is 23.2 Å². The Balaban J connectivity index is 1.35. The van der Waals surface area contributed by atoms with E-state index in [9.17, 15) is 9.59 Å². The lowest BCUT2D eigenvalue weighted by molar-refractivity contribution is -0.172. The minimum Gasteiger partial charge on any atom is -0.455 e. The third kappa shape index (κ3) is 2.92. The van der Waals surface area contributed by atoms with Crippen molar-refractivity contribution in [2.75, 3.05) is 11.9 Å². The first kappa shape index (κ1) is 15.9. The minimum atomic E-state index is -0.346. The van der Waals surface area contributed by atoms with Crippen molar-refractivity contribution in [3.63, 3.8) is 0 Å². The van der Waals surface area contributed by atoms with Gasteiger partial charge >= 0.3 is 5.97 Å². The smallest absolute Gasteiger partial charge is 0.312 e. The highest BCUT2D eigenvalue weighted by atomic mass is 35.5. The molecule has 128 valence electrons. The molecule has 0 aliphatic heterocycles. The number of carbonyl (C=O) groups excluding carboxylic acids is 2. The van der Waals surface area contributed by atoms with Crippen LogP contribution in [0.4, 0.5) is 5.69 Å². The monoisotopic (exact) mass is 347 g/mol. The quantitative estimate of drug-likeness (QED) is 0.836. The molecule has 1 aromatic carbocycles. The van der Waals surface area contributed by atoms with Gasteiger partial charge in [0.15, 0.2) is 6.61 Å². The van der Waals surface area contributed by atoms with E-state index < -0.39 is 0 Å². The molecule has 0 atom stereocenters. The first-order valence-electron chi connectivity index (χ1n) is 8.76. The number of carbonyl (C=O) groups is 2. The van der Waals surface area contributed by atoms with Crippen LogP contribution in [0.3, 0.4) is 0 Å². The van der Waals surface area contributed by atoms with E-state index in [1.165, 1.54) is 19.3 Å². The Morgan fingerprint density at radius 2 is 1.67 bits per heavy atom. The van der Waals surface area contributed by atoms with Crippen molar-refractivity contribution in [1.82, 2.24) is 0 Å². The molecule has 0 radical (unpaired) electrons. The highest BCUT2D eigenvalue weighted by Gasteiger charge is 2.55.